The van der Waals surface area contributed by atoms with Crippen molar-refractivity contribution in [2.75, 3.05) is 0 Å². The van der Waals surface area contributed by atoms with Crippen LogP contribution in [0.25, 0.3) is 0 Å². The number of nitrogens with one attached hydrogen (secondary N) is 2. The second kappa shape index (κ2) is 34.7. The quantitative estimate of drug-likeness (QED) is 0.142. The van der Waals surface area contributed by atoms with E-state index in [4.69, 9.17) is 76.6 Å². The molecule has 29 heavy (non-hydrogen) atoms. The Kier molecular flexibility index (Phi) is 52.8. The predicted octanol–water partition coefficient (Wildman–Crippen LogP) is -5.67. The van der Waals surface area contributed by atoms with Gasteiger partial charge in [-0.05, 0) is 0 Å². The molecule has 26 nitrogen and oxygen atoms in total. The normalized spacial score (nSPS) is 6.28. The van der Waals surface area contributed by atoms with Gasteiger partial charge in [-0.3, -0.25) is 21.3 Å². The molecule has 169 valence electrons. The van der Waals surface area contributed by atoms with Gasteiger partial charge in [0.05, 0.1) is 25.4 Å². The molecular weight excluding hydrogens is 474 g/mol. The molecule has 27 heteroatoms. The fourth-order valence-corrected chi connectivity index (χ4v) is 0.161. The van der Waals surface area contributed by atoms with Crippen LogP contribution in [0, 0.1) is 76.6 Å². The molecule has 0 aromatic carbocycles. The molecule has 8 N–H and O–H groups in total. The van der Waals surface area contributed by atoms with Crippen LogP contribution in [0.2, 0.25) is 0 Å². The first-order valence-corrected chi connectivity index (χ1v) is 4.60. The van der Waals surface area contributed by atoms with Crippen LogP contribution >= 0.6 is 0 Å². The largest absolute Gasteiger partial charge is 3.00 e. The minimum absolute atomic E-state index is 0. The summed E-state index contributed by atoms with van der Waals surface area (Å²) in [6.07, 6.45) is 0. The second-order valence-electron chi connectivity index (χ2n) is 2.13. The molecule has 2 amide bonds. The predicted molar refractivity (Wildman–Crippen MR) is 73.9 cm³/mol. The summed E-state index contributed by atoms with van der Waals surface area (Å²) in [7, 11) is 0. The van der Waals surface area contributed by atoms with E-state index in [9.17, 15) is 9.59 Å². The summed E-state index contributed by atoms with van der Waals surface area (Å²) in [5.41, 5.74) is 3.75. The molecule has 0 fully saturated rings. The van der Waals surface area contributed by atoms with Crippen LogP contribution in [0.5, 0.6) is 0 Å². The van der Waals surface area contributed by atoms with Gasteiger partial charge < -0.3 is 76.6 Å². The van der Waals surface area contributed by atoms with Gasteiger partial charge in [-0.1, -0.05) is 0 Å². The number of hydrogen-bond donors (Lipinski definition) is 4. The van der Waals surface area contributed by atoms with Gasteiger partial charge in [0, 0.05) is 0 Å². The molecule has 0 rings (SSSR count). The zero-order chi connectivity index (χ0) is 24.5. The second-order valence-corrected chi connectivity index (χ2v) is 2.13. The van der Waals surface area contributed by atoms with E-state index in [0.29, 0.717) is 0 Å². The molecule has 0 unspecified atom stereocenters. The van der Waals surface area contributed by atoms with Crippen molar-refractivity contribution >= 4 is 11.8 Å². The molecule has 0 saturated heterocycles. The number of rotatable bonds is 0. The van der Waals surface area contributed by atoms with E-state index in [-0.39, 0.29) is 17.4 Å². The van der Waals surface area contributed by atoms with Crippen LogP contribution in [0.15, 0.2) is 0 Å². The Balaban J connectivity index is -0.0000000411. The zero-order valence-corrected chi connectivity index (χ0v) is 14.3. The molecule has 0 heterocycles. The molecule has 0 aliphatic heterocycles. The van der Waals surface area contributed by atoms with Crippen LogP contribution in [0.3, 0.4) is 0 Å². The number of nitrogens with zero attached hydrogens (tertiary/aromatic N) is 5. The monoisotopic (exact) mass is 482 g/mol. The van der Waals surface area contributed by atoms with Crippen molar-refractivity contribution in [3.05, 3.63) is 76.6 Å². The summed E-state index contributed by atoms with van der Waals surface area (Å²) in [5.74, 6) is 4.35. The van der Waals surface area contributed by atoms with E-state index in [1.165, 1.54) is 0 Å². The Morgan fingerprint density at radius 3 is 0.586 bits per heavy atom. The number of carbonyl (C=O) groups excluding carboxylic acids is 2. The maximum absolute atomic E-state index is 10.1. The van der Waals surface area contributed by atoms with E-state index in [1.54, 1.807) is 0 Å². The van der Waals surface area contributed by atoms with Gasteiger partial charge in [-0.2, -0.15) is 10.9 Å². The first-order valence-electron chi connectivity index (χ1n) is 4.60. The van der Waals surface area contributed by atoms with Crippen LogP contribution in [-0.4, -0.2) is 37.2 Å². The van der Waals surface area contributed by atoms with Gasteiger partial charge in [0.1, 0.15) is 0 Å². The Hall–Kier alpha value is -4.61. The van der Waals surface area contributed by atoms with Crippen molar-refractivity contribution in [1.29, 1.82) is 0 Å². The van der Waals surface area contributed by atoms with E-state index in [1.807, 2.05) is 10.9 Å². The van der Waals surface area contributed by atoms with Crippen molar-refractivity contribution in [1.82, 2.24) is 10.9 Å². The zero-order valence-electron chi connectivity index (χ0n) is 13.0. The van der Waals surface area contributed by atoms with Crippen LogP contribution in [-0.2, 0) is 27.0 Å². The summed E-state index contributed by atoms with van der Waals surface area (Å²) < 4.78 is 0. The standard InChI is InChI=1S/C2H6N4O2.Cr.5NO3/c3-5-1(7)2(8)6-4;;5*2-1(3)4/h3-4H2,(H,5,7)(H,6,8);;;;;;/q;+3;5*-1/p+2. The summed E-state index contributed by atoms with van der Waals surface area (Å²) in [6.45, 7) is 0. The SMILES string of the molecule is O=[N+]([O-])[O-].O=[N+]([O-])[O-].O=[N+]([O-])[O-].O=[N+]([O-])[O-].O=[N+]([O-])[O-].[Cr+3].[NH3+]NC(=O)C(=O)N[NH3+]. The van der Waals surface area contributed by atoms with Crippen molar-refractivity contribution < 1.29 is 64.1 Å². The molecular formula is C2H8CrN9O17. The summed E-state index contributed by atoms with van der Waals surface area (Å²) in [5, 5.41) is 73.8. The van der Waals surface area contributed by atoms with E-state index in [0.717, 1.165) is 0 Å². The third kappa shape index (κ3) is 930. The summed E-state index contributed by atoms with van der Waals surface area (Å²) in [4.78, 5) is 61.5. The first kappa shape index (κ1) is 44.1. The van der Waals surface area contributed by atoms with Gasteiger partial charge >= 0.3 is 29.2 Å². The Morgan fingerprint density at radius 2 is 0.552 bits per heavy atom. The summed E-state index contributed by atoms with van der Waals surface area (Å²) in [6, 6.07) is 0. The number of carbonyl (C=O) groups is 2. The molecule has 1 radical (unpaired) electrons. The van der Waals surface area contributed by atoms with E-state index >= 15 is 0 Å². The van der Waals surface area contributed by atoms with Gasteiger partial charge in [-0.15, -0.1) is 0 Å². The van der Waals surface area contributed by atoms with Crippen molar-refractivity contribution in [3.63, 3.8) is 0 Å². The molecule has 0 saturated carbocycles. The Labute approximate surface area is 164 Å². The molecule has 0 bridgehead atoms. The van der Waals surface area contributed by atoms with Gasteiger partial charge in [-0.25, -0.2) is 0 Å². The minimum Gasteiger partial charge on any atom is -0.356 e. The van der Waals surface area contributed by atoms with Gasteiger partial charge in [0.2, 0.25) is 0 Å². The molecule has 0 atom stereocenters. The molecule has 0 spiro atoms. The Bertz CT molecular complexity index is 390. The maximum Gasteiger partial charge on any atom is 3.00 e. The van der Waals surface area contributed by atoms with Gasteiger partial charge in [0.15, 0.2) is 0 Å². The van der Waals surface area contributed by atoms with Crippen LogP contribution in [0.4, 0.5) is 0 Å². The van der Waals surface area contributed by atoms with Crippen molar-refractivity contribution in [3.8, 4) is 0 Å². The average molecular weight is 482 g/mol. The fraction of sp³-hybridized carbons (Fsp3) is 0. The fourth-order valence-electron chi connectivity index (χ4n) is 0.161. The topological polar surface area (TPSA) is 444 Å². The van der Waals surface area contributed by atoms with E-state index in [2.05, 4.69) is 11.7 Å². The first-order chi connectivity index (χ1) is 12.4. The van der Waals surface area contributed by atoms with Crippen LogP contribution in [0.1, 0.15) is 0 Å². The third-order valence-electron chi connectivity index (χ3n) is 0.527. The Morgan fingerprint density at radius 1 is 0.483 bits per heavy atom. The number of amides is 2. The summed E-state index contributed by atoms with van der Waals surface area (Å²) >= 11 is 0. The smallest absolute Gasteiger partial charge is 0.356 e. The molecule has 0 aromatic rings. The molecule has 0 aliphatic carbocycles. The average Bonchev–Trinajstić information content (AvgIpc) is 2.42. The number of hydrogen-bond acceptors (Lipinski definition) is 17. The van der Waals surface area contributed by atoms with Crippen molar-refractivity contribution in [2.45, 2.75) is 0 Å². The van der Waals surface area contributed by atoms with Crippen molar-refractivity contribution in [2.24, 2.45) is 0 Å². The minimum atomic E-state index is -1.75. The third-order valence-corrected chi connectivity index (χ3v) is 0.527. The van der Waals surface area contributed by atoms with Crippen LogP contribution < -0.4 is 22.5 Å². The number of quaternary nitrogens is 2. The van der Waals surface area contributed by atoms with E-state index < -0.39 is 37.2 Å². The molecule has 0 aromatic heterocycles. The van der Waals surface area contributed by atoms with Gasteiger partial charge in [0.25, 0.3) is 0 Å². The maximum atomic E-state index is 10.1. The molecule has 0 aliphatic rings.